The Bertz CT molecular complexity index is 3360. The molecule has 0 bridgehead atoms. The van der Waals surface area contributed by atoms with Crippen LogP contribution in [0.2, 0.25) is 0 Å². The molecule has 8 aromatic carbocycles. The Kier molecular flexibility index (Phi) is 7.03. The summed E-state index contributed by atoms with van der Waals surface area (Å²) >= 11 is 0. The van der Waals surface area contributed by atoms with E-state index in [1.165, 1.54) is 32.8 Å². The summed E-state index contributed by atoms with van der Waals surface area (Å²) < 4.78 is 12.1. The predicted molar refractivity (Wildman–Crippen MR) is 233 cm³/mol. The van der Waals surface area contributed by atoms with Crippen LogP contribution in [0.5, 0.6) is 0 Å². The number of hydrogen-bond acceptors (Lipinski definition) is 3. The third-order valence-corrected chi connectivity index (χ3v) is 11.7. The third-order valence-electron chi connectivity index (χ3n) is 11.7. The minimum Gasteiger partial charge on any atom is -0.452 e. The fraction of sp³-hybridized carbons (Fsp3) is 0.0392. The maximum atomic E-state index is 7.31. The number of fused-ring (bicyclic) bond motifs is 11. The highest BCUT2D eigenvalue weighted by Crippen LogP contribution is 2.44. The van der Waals surface area contributed by atoms with Gasteiger partial charge in [-0.3, -0.25) is 9.88 Å². The summed E-state index contributed by atoms with van der Waals surface area (Å²) in [5.41, 5.74) is 11.8. The van der Waals surface area contributed by atoms with Gasteiger partial charge in [0.2, 0.25) is 0 Å². The first-order valence-electron chi connectivity index (χ1n) is 19.5. The predicted octanol–water partition coefficient (Wildman–Crippen LogP) is 11.2. The van der Waals surface area contributed by atoms with E-state index in [9.17, 15) is 0 Å². The van der Waals surface area contributed by atoms with Crippen LogP contribution >= 0.6 is 0 Å². The molecular formula is C51H36N5O+. The number of nitrogens with zero attached hydrogens (tertiary/aromatic N) is 3. The average Bonchev–Trinajstić information content (AvgIpc) is 3.95. The topological polar surface area (TPSA) is 64.0 Å². The number of nitrogens with two attached hydrogens (primary N) is 1. The molecule has 12 rings (SSSR count). The normalized spacial score (nSPS) is 15.9. The molecule has 1 aliphatic rings. The standard InChI is InChI=1S/C51H35N5O/c1-4-16-32(17-5-1)35-22-10-11-25-42(35)50-52-49(33-18-6-2-7-19-33)53-51(54-50)56-44-27-15-13-24-37(44)39-29-31-41-40-30-28-38-36-23-12-14-26-43(36)55(34-20-8-3-9-21-34)45(38)47(40)57-48(41)46(39)56/h1-31,50-51,54H,(H,52,53)/p+1. The quantitative estimate of drug-likeness (QED) is 0.185. The number of para-hydroxylation sites is 3. The van der Waals surface area contributed by atoms with Crippen molar-refractivity contribution >= 4 is 71.4 Å². The maximum absolute atomic E-state index is 7.31. The van der Waals surface area contributed by atoms with Gasteiger partial charge in [0.05, 0.1) is 22.1 Å². The number of aliphatic imine (C=N–C) groups is 1. The summed E-state index contributed by atoms with van der Waals surface area (Å²) in [7, 11) is 0. The first-order chi connectivity index (χ1) is 28.3. The third kappa shape index (κ3) is 4.84. The van der Waals surface area contributed by atoms with E-state index >= 15 is 0 Å². The van der Waals surface area contributed by atoms with Gasteiger partial charge in [-0.15, -0.1) is 0 Å². The summed E-state index contributed by atoms with van der Waals surface area (Å²) in [5.74, 6) is 0.854. The van der Waals surface area contributed by atoms with Gasteiger partial charge in [-0.25, -0.2) is 0 Å². The first-order valence-corrected chi connectivity index (χ1v) is 19.5. The van der Waals surface area contributed by atoms with Crippen molar-refractivity contribution in [3.8, 4) is 16.8 Å². The zero-order valence-electron chi connectivity index (χ0n) is 30.9. The Morgan fingerprint density at radius 2 is 1.02 bits per heavy atom. The first kappa shape index (κ1) is 31.9. The van der Waals surface area contributed by atoms with E-state index in [0.29, 0.717) is 0 Å². The lowest BCUT2D eigenvalue weighted by molar-refractivity contribution is -0.751. The van der Waals surface area contributed by atoms with Gasteiger partial charge in [-0.2, -0.15) is 4.99 Å². The summed E-state index contributed by atoms with van der Waals surface area (Å²) in [4.78, 5) is 5.53. The van der Waals surface area contributed by atoms with Crippen LogP contribution < -0.4 is 10.6 Å². The van der Waals surface area contributed by atoms with Gasteiger partial charge in [0.15, 0.2) is 17.3 Å². The van der Waals surface area contributed by atoms with Gasteiger partial charge in [0.25, 0.3) is 6.29 Å². The smallest absolute Gasteiger partial charge is 0.268 e. The SMILES string of the molecule is c1ccc(C2=NC(n3c4ccccc4c4ccc5c6ccc7c8ccccc8n(-c8ccccc8)c7c6oc5c43)[NH2+]C(c3ccccc3-c3ccccc3)N2)cc1. The summed E-state index contributed by atoms with van der Waals surface area (Å²) in [6.07, 6.45) is -0.487. The molecule has 57 heavy (non-hydrogen) atoms. The number of amidine groups is 1. The number of furan rings is 1. The Morgan fingerprint density at radius 1 is 0.474 bits per heavy atom. The van der Waals surface area contributed by atoms with Crippen LogP contribution in [-0.2, 0) is 0 Å². The van der Waals surface area contributed by atoms with Crippen LogP contribution in [0.3, 0.4) is 0 Å². The van der Waals surface area contributed by atoms with Crippen molar-refractivity contribution in [1.29, 1.82) is 0 Å². The molecule has 2 unspecified atom stereocenters. The minimum absolute atomic E-state index is 0.133. The van der Waals surface area contributed by atoms with Gasteiger partial charge in [-0.05, 0) is 47.5 Å². The van der Waals surface area contributed by atoms with Crippen LogP contribution in [0, 0.1) is 0 Å². The highest BCUT2D eigenvalue weighted by atomic mass is 16.3. The van der Waals surface area contributed by atoms with E-state index < -0.39 is 0 Å². The molecule has 0 aliphatic carbocycles. The fourth-order valence-electron chi connectivity index (χ4n) is 9.25. The second-order valence-corrected chi connectivity index (χ2v) is 14.9. The van der Waals surface area contributed by atoms with Crippen molar-refractivity contribution in [2.24, 2.45) is 4.99 Å². The molecule has 0 fully saturated rings. The summed E-state index contributed by atoms with van der Waals surface area (Å²) in [5, 5.41) is 13.1. The van der Waals surface area contributed by atoms with Crippen molar-refractivity contribution in [2.45, 2.75) is 12.5 Å². The molecule has 6 heteroatoms. The number of rotatable bonds is 5. The molecule has 6 nitrogen and oxygen atoms in total. The largest absolute Gasteiger partial charge is 0.452 e. The molecule has 0 saturated carbocycles. The molecule has 0 saturated heterocycles. The highest BCUT2D eigenvalue weighted by molar-refractivity contribution is 6.26. The van der Waals surface area contributed by atoms with Crippen molar-refractivity contribution in [1.82, 2.24) is 14.5 Å². The van der Waals surface area contributed by atoms with Crippen LogP contribution in [0.1, 0.15) is 23.6 Å². The molecule has 2 atom stereocenters. The number of aromatic nitrogens is 2. The zero-order chi connectivity index (χ0) is 37.5. The maximum Gasteiger partial charge on any atom is 0.268 e. The van der Waals surface area contributed by atoms with Crippen LogP contribution in [0.15, 0.2) is 197 Å². The molecule has 270 valence electrons. The van der Waals surface area contributed by atoms with Gasteiger partial charge >= 0.3 is 0 Å². The molecule has 3 N–H and O–H groups in total. The van der Waals surface area contributed by atoms with Gasteiger partial charge < -0.3 is 14.3 Å². The van der Waals surface area contributed by atoms with Gasteiger partial charge in [-0.1, -0.05) is 152 Å². The number of quaternary nitrogens is 1. The molecule has 11 aromatic rings. The molecule has 3 aromatic heterocycles. The second-order valence-electron chi connectivity index (χ2n) is 14.9. The van der Waals surface area contributed by atoms with E-state index in [1.807, 2.05) is 0 Å². The number of nitrogens with one attached hydrogen (secondary N) is 1. The molecule has 0 spiro atoms. The zero-order valence-corrected chi connectivity index (χ0v) is 30.9. The molecular weight excluding hydrogens is 699 g/mol. The summed E-state index contributed by atoms with van der Waals surface area (Å²) in [6, 6.07) is 66.8. The van der Waals surface area contributed by atoms with E-state index in [2.05, 4.69) is 208 Å². The minimum atomic E-state index is -0.354. The lowest BCUT2D eigenvalue weighted by atomic mass is 9.97. The number of benzene rings is 8. The van der Waals surface area contributed by atoms with Crippen molar-refractivity contribution in [2.75, 3.05) is 0 Å². The highest BCUT2D eigenvalue weighted by Gasteiger charge is 2.33. The van der Waals surface area contributed by atoms with Crippen LogP contribution in [0.4, 0.5) is 0 Å². The fourth-order valence-corrected chi connectivity index (χ4v) is 9.25. The Hall–Kier alpha value is -7.41. The Balaban J connectivity index is 1.14. The lowest BCUT2D eigenvalue weighted by Gasteiger charge is -2.30. The van der Waals surface area contributed by atoms with E-state index in [-0.39, 0.29) is 12.5 Å². The average molecular weight is 735 g/mol. The second kappa shape index (κ2) is 12.6. The van der Waals surface area contributed by atoms with Crippen LogP contribution in [0.25, 0.3) is 82.4 Å². The van der Waals surface area contributed by atoms with Gasteiger partial charge in [0.1, 0.15) is 5.84 Å². The molecule has 4 heterocycles. The lowest BCUT2D eigenvalue weighted by Crippen LogP contribution is -2.91. The van der Waals surface area contributed by atoms with E-state index in [0.717, 1.165) is 66.5 Å². The molecule has 1 aliphatic heterocycles. The van der Waals surface area contributed by atoms with E-state index in [1.54, 1.807) is 0 Å². The molecule has 0 radical (unpaired) electrons. The monoisotopic (exact) mass is 734 g/mol. The Morgan fingerprint density at radius 3 is 1.75 bits per heavy atom. The van der Waals surface area contributed by atoms with Crippen LogP contribution in [-0.4, -0.2) is 15.0 Å². The Labute approximate surface area is 327 Å². The van der Waals surface area contributed by atoms with E-state index in [4.69, 9.17) is 9.41 Å². The summed E-state index contributed by atoms with van der Waals surface area (Å²) in [6.45, 7) is 0. The van der Waals surface area contributed by atoms with Crippen molar-refractivity contribution in [3.05, 3.63) is 199 Å². The molecule has 0 amide bonds. The van der Waals surface area contributed by atoms with Gasteiger partial charge in [0, 0.05) is 49.1 Å². The number of hydrogen-bond donors (Lipinski definition) is 2. The van der Waals surface area contributed by atoms with Crippen molar-refractivity contribution in [3.63, 3.8) is 0 Å². The van der Waals surface area contributed by atoms with Crippen molar-refractivity contribution < 1.29 is 9.73 Å².